The van der Waals surface area contributed by atoms with E-state index >= 15 is 4.39 Å². The predicted molar refractivity (Wildman–Crippen MR) is 149 cm³/mol. The van der Waals surface area contributed by atoms with Crippen molar-refractivity contribution in [2.24, 2.45) is 0 Å². The quantitative estimate of drug-likeness (QED) is 0.417. The molecule has 2 aliphatic heterocycles. The Bertz CT molecular complexity index is 1450. The Morgan fingerprint density at radius 1 is 1.00 bits per heavy atom. The first-order chi connectivity index (χ1) is 19.9. The van der Waals surface area contributed by atoms with Gasteiger partial charge < -0.3 is 24.8 Å². The second-order valence-corrected chi connectivity index (χ2v) is 10.7. The molecule has 13 heteroatoms. The van der Waals surface area contributed by atoms with Crippen LogP contribution in [0.15, 0.2) is 42.7 Å². The molecule has 0 bridgehead atoms. The molecule has 5 rings (SSSR count). The molecule has 1 aromatic heterocycles. The molecule has 1 N–H and O–H groups in total. The fourth-order valence-electron chi connectivity index (χ4n) is 5.18. The minimum absolute atomic E-state index is 0.00875. The van der Waals surface area contributed by atoms with E-state index in [0.29, 0.717) is 56.5 Å². The number of hydrogen-bond donors (Lipinski definition) is 1. The van der Waals surface area contributed by atoms with E-state index in [0.717, 1.165) is 12.1 Å². The van der Waals surface area contributed by atoms with Crippen molar-refractivity contribution in [2.45, 2.75) is 32.2 Å². The van der Waals surface area contributed by atoms with Gasteiger partial charge in [0.25, 0.3) is 5.91 Å². The summed E-state index contributed by atoms with van der Waals surface area (Å²) in [4.78, 5) is 28.0. The number of carbonyl (C=O) groups excluding carboxylic acids is 1. The van der Waals surface area contributed by atoms with Crippen molar-refractivity contribution in [3.05, 3.63) is 65.5 Å². The highest BCUT2D eigenvalue weighted by molar-refractivity contribution is 6.07. The van der Waals surface area contributed by atoms with Gasteiger partial charge in [0.15, 0.2) is 0 Å². The van der Waals surface area contributed by atoms with Gasteiger partial charge in [-0.3, -0.25) is 4.79 Å². The average molecular weight is 591 g/mol. The van der Waals surface area contributed by atoms with Crippen molar-refractivity contribution >= 4 is 23.2 Å². The van der Waals surface area contributed by atoms with Crippen LogP contribution in [0.3, 0.4) is 0 Å². The van der Waals surface area contributed by atoms with E-state index in [2.05, 4.69) is 20.2 Å². The number of ether oxygens (including phenoxy) is 1. The molecule has 0 aliphatic carbocycles. The molecule has 2 saturated heterocycles. The van der Waals surface area contributed by atoms with Crippen LogP contribution in [-0.2, 0) is 10.9 Å². The standard InChI is InChI=1S/C29H31F5N6O2/c1-17-15-39(7-6-38(17)3)26-12-24(31)22(19-13-35-28(36-14-19)40-8-9-42-18(2)16-40)11-25(26)37-27(41)21-5-4-20(30)10-23(21)29(32,33)34/h4-5,10-14,17-18H,6-9,15-16H2,1-3H3,(H,37,41)/t17-,18+/m0/s1. The molecule has 0 saturated carbocycles. The second kappa shape index (κ2) is 11.8. The number of aromatic nitrogens is 2. The Morgan fingerprint density at radius 3 is 2.40 bits per heavy atom. The summed E-state index contributed by atoms with van der Waals surface area (Å²) in [7, 11) is 1.96. The van der Waals surface area contributed by atoms with Gasteiger partial charge in [-0.25, -0.2) is 18.7 Å². The van der Waals surface area contributed by atoms with E-state index in [9.17, 15) is 22.4 Å². The summed E-state index contributed by atoms with van der Waals surface area (Å²) in [6.07, 6.45) is -2.03. The molecule has 0 unspecified atom stereocenters. The largest absolute Gasteiger partial charge is 0.417 e. The van der Waals surface area contributed by atoms with Crippen LogP contribution in [0.2, 0.25) is 0 Å². The lowest BCUT2D eigenvalue weighted by atomic mass is 10.0. The number of piperazine rings is 1. The van der Waals surface area contributed by atoms with Crippen LogP contribution >= 0.6 is 0 Å². The molecule has 0 spiro atoms. The molecule has 8 nitrogen and oxygen atoms in total. The van der Waals surface area contributed by atoms with Crippen molar-refractivity contribution in [1.82, 2.24) is 14.9 Å². The third-order valence-electron chi connectivity index (χ3n) is 7.64. The van der Waals surface area contributed by atoms with Crippen molar-refractivity contribution in [3.8, 4) is 11.1 Å². The van der Waals surface area contributed by atoms with Gasteiger partial charge in [0.1, 0.15) is 11.6 Å². The molecule has 3 aromatic rings. The Morgan fingerprint density at radius 2 is 1.74 bits per heavy atom. The molecule has 2 aliphatic rings. The van der Waals surface area contributed by atoms with Gasteiger partial charge in [-0.15, -0.1) is 0 Å². The third kappa shape index (κ3) is 6.31. The lowest BCUT2D eigenvalue weighted by Crippen LogP contribution is -2.50. The smallest absolute Gasteiger partial charge is 0.375 e. The summed E-state index contributed by atoms with van der Waals surface area (Å²) >= 11 is 0. The summed E-state index contributed by atoms with van der Waals surface area (Å²) in [5.41, 5.74) is -1.34. The maximum absolute atomic E-state index is 15.7. The maximum Gasteiger partial charge on any atom is 0.417 e. The summed E-state index contributed by atoms with van der Waals surface area (Å²) in [6, 6.07) is 4.59. The number of carbonyl (C=O) groups is 1. The zero-order valence-corrected chi connectivity index (χ0v) is 23.4. The monoisotopic (exact) mass is 590 g/mol. The van der Waals surface area contributed by atoms with E-state index in [1.54, 1.807) is 0 Å². The lowest BCUT2D eigenvalue weighted by Gasteiger charge is -2.39. The number of morpholine rings is 1. The van der Waals surface area contributed by atoms with Crippen molar-refractivity contribution in [3.63, 3.8) is 0 Å². The average Bonchev–Trinajstić information content (AvgIpc) is 2.95. The topological polar surface area (TPSA) is 73.8 Å². The normalized spacial score (nSPS) is 20.1. The number of alkyl halides is 3. The van der Waals surface area contributed by atoms with Crippen LogP contribution in [0, 0.1) is 11.6 Å². The van der Waals surface area contributed by atoms with Gasteiger partial charge in [-0.2, -0.15) is 13.2 Å². The maximum atomic E-state index is 15.7. The Kier molecular flexibility index (Phi) is 8.33. The number of halogens is 5. The molecular formula is C29H31F5N6O2. The highest BCUT2D eigenvalue weighted by Gasteiger charge is 2.36. The molecular weight excluding hydrogens is 559 g/mol. The highest BCUT2D eigenvalue weighted by Crippen LogP contribution is 2.37. The fourth-order valence-corrected chi connectivity index (χ4v) is 5.18. The lowest BCUT2D eigenvalue weighted by molar-refractivity contribution is -0.138. The van der Waals surface area contributed by atoms with Gasteiger partial charge in [0.05, 0.1) is 35.2 Å². The molecule has 2 atom stereocenters. The summed E-state index contributed by atoms with van der Waals surface area (Å²) in [5.74, 6) is -2.37. The third-order valence-corrected chi connectivity index (χ3v) is 7.64. The van der Waals surface area contributed by atoms with Crippen molar-refractivity contribution in [2.75, 3.05) is 61.5 Å². The minimum atomic E-state index is -4.96. The van der Waals surface area contributed by atoms with Crippen molar-refractivity contribution in [1.29, 1.82) is 0 Å². The number of likely N-dealkylation sites (N-methyl/N-ethyl adjacent to an activating group) is 1. The van der Waals surface area contributed by atoms with E-state index in [1.807, 2.05) is 30.7 Å². The van der Waals surface area contributed by atoms with E-state index < -0.39 is 34.8 Å². The molecule has 0 radical (unpaired) electrons. The van der Waals surface area contributed by atoms with Gasteiger partial charge in [-0.1, -0.05) is 0 Å². The molecule has 224 valence electrons. The van der Waals surface area contributed by atoms with Crippen LogP contribution in [0.25, 0.3) is 11.1 Å². The number of benzene rings is 2. The molecule has 1 amide bonds. The van der Waals surface area contributed by atoms with Crippen LogP contribution < -0.4 is 15.1 Å². The minimum Gasteiger partial charge on any atom is -0.375 e. The van der Waals surface area contributed by atoms with Gasteiger partial charge >= 0.3 is 6.18 Å². The molecule has 42 heavy (non-hydrogen) atoms. The van der Waals surface area contributed by atoms with Crippen LogP contribution in [0.5, 0.6) is 0 Å². The Labute approximate surface area is 240 Å². The van der Waals surface area contributed by atoms with Crippen LogP contribution in [0.4, 0.5) is 39.3 Å². The molecule has 2 fully saturated rings. The number of amides is 1. The first-order valence-corrected chi connectivity index (χ1v) is 13.6. The summed E-state index contributed by atoms with van der Waals surface area (Å²) in [6.45, 7) is 7.33. The number of rotatable bonds is 5. The molecule has 3 heterocycles. The van der Waals surface area contributed by atoms with E-state index in [1.165, 1.54) is 24.5 Å². The number of anilines is 3. The Balaban J connectivity index is 1.52. The van der Waals surface area contributed by atoms with Crippen LogP contribution in [0.1, 0.15) is 29.8 Å². The van der Waals surface area contributed by atoms with Crippen molar-refractivity contribution < 1.29 is 31.5 Å². The number of nitrogens with zero attached hydrogens (tertiary/aromatic N) is 5. The van der Waals surface area contributed by atoms with Crippen LogP contribution in [-0.4, -0.2) is 79.3 Å². The van der Waals surface area contributed by atoms with E-state index in [-0.39, 0.29) is 29.5 Å². The first-order valence-electron chi connectivity index (χ1n) is 13.6. The zero-order valence-electron chi connectivity index (χ0n) is 23.4. The number of hydrogen-bond acceptors (Lipinski definition) is 7. The van der Waals surface area contributed by atoms with Gasteiger partial charge in [0, 0.05) is 62.3 Å². The van der Waals surface area contributed by atoms with E-state index in [4.69, 9.17) is 4.74 Å². The first kappa shape index (κ1) is 29.6. The Hall–Kier alpha value is -3.84. The highest BCUT2D eigenvalue weighted by atomic mass is 19.4. The van der Waals surface area contributed by atoms with Gasteiger partial charge in [-0.05, 0) is 51.2 Å². The second-order valence-electron chi connectivity index (χ2n) is 10.7. The SMILES string of the molecule is C[C@@H]1CN(c2ncc(-c3cc(NC(=O)c4ccc(F)cc4C(F)(F)F)c(N4CCN(C)[C@@H](C)C4)cc3F)cn2)CCO1. The molecule has 2 aromatic carbocycles. The van der Waals surface area contributed by atoms with Gasteiger partial charge in [0.2, 0.25) is 5.95 Å². The zero-order chi connectivity index (χ0) is 30.2. The number of nitrogens with one attached hydrogen (secondary N) is 1. The fraction of sp³-hybridized carbons (Fsp3) is 0.414. The predicted octanol–water partition coefficient (Wildman–Crippen LogP) is 5.06. The summed E-state index contributed by atoms with van der Waals surface area (Å²) in [5, 5.41) is 2.54. The summed E-state index contributed by atoms with van der Waals surface area (Å²) < 4.78 is 75.9.